The van der Waals surface area contributed by atoms with Gasteiger partial charge in [0.2, 0.25) is 0 Å². The molecule has 0 nitrogen and oxygen atoms in total. The minimum atomic E-state index is 0.994. The first kappa shape index (κ1) is 12.1. The molecule has 0 aromatic carbocycles. The molecule has 0 amide bonds. The van der Waals surface area contributed by atoms with Gasteiger partial charge in [-0.3, -0.25) is 0 Å². The van der Waals surface area contributed by atoms with Crippen LogP contribution in [-0.2, 0) is 0 Å². The second kappa shape index (κ2) is 7.31. The summed E-state index contributed by atoms with van der Waals surface area (Å²) in [7, 11) is 0. The number of rotatable bonds is 4. The van der Waals surface area contributed by atoms with Crippen molar-refractivity contribution in [1.82, 2.24) is 0 Å². The van der Waals surface area contributed by atoms with Crippen molar-refractivity contribution in [2.24, 2.45) is 11.8 Å². The molecule has 1 fully saturated rings. The first-order valence-electron chi connectivity index (χ1n) is 6.84. The van der Waals surface area contributed by atoms with Gasteiger partial charge in [0, 0.05) is 0 Å². The second-order valence-corrected chi connectivity index (χ2v) is 5.22. The maximum absolute atomic E-state index is 2.49. The molecule has 0 saturated heterocycles. The lowest BCUT2D eigenvalue weighted by Crippen LogP contribution is -2.13. The summed E-state index contributed by atoms with van der Waals surface area (Å²) in [5, 5.41) is 0. The highest BCUT2D eigenvalue weighted by atomic mass is 14.2. The van der Waals surface area contributed by atoms with E-state index in [-0.39, 0.29) is 0 Å². The number of hydrogen-bond donors (Lipinski definition) is 0. The Bertz CT molecular complexity index is 120. The van der Waals surface area contributed by atoms with Crippen molar-refractivity contribution < 1.29 is 0 Å². The Morgan fingerprint density at radius 3 is 2.14 bits per heavy atom. The first-order chi connectivity index (χ1) is 6.84. The van der Waals surface area contributed by atoms with Gasteiger partial charge in [-0.1, -0.05) is 78.1 Å². The molecule has 0 spiro atoms. The van der Waals surface area contributed by atoms with Crippen molar-refractivity contribution in [2.45, 2.75) is 78.1 Å². The van der Waals surface area contributed by atoms with Gasteiger partial charge < -0.3 is 0 Å². The van der Waals surface area contributed by atoms with E-state index < -0.39 is 0 Å². The summed E-state index contributed by atoms with van der Waals surface area (Å²) >= 11 is 0. The topological polar surface area (TPSA) is 0 Å². The Kier molecular flexibility index (Phi) is 6.31. The Morgan fingerprint density at radius 1 is 1.00 bits per heavy atom. The Morgan fingerprint density at radius 2 is 1.57 bits per heavy atom. The van der Waals surface area contributed by atoms with E-state index in [4.69, 9.17) is 0 Å². The van der Waals surface area contributed by atoms with Crippen LogP contribution in [0.5, 0.6) is 0 Å². The van der Waals surface area contributed by atoms with Crippen molar-refractivity contribution in [2.75, 3.05) is 0 Å². The normalized spacial score (nSPS) is 22.7. The van der Waals surface area contributed by atoms with E-state index in [1.807, 2.05) is 0 Å². The molecule has 0 aromatic rings. The molecule has 1 rings (SSSR count). The quantitative estimate of drug-likeness (QED) is 0.581. The SMILES string of the molecule is CCCCC(C)C1CCCCCCC1. The molecule has 1 aliphatic carbocycles. The maximum atomic E-state index is 2.49. The number of unbranched alkanes of at least 4 members (excludes halogenated alkanes) is 1. The van der Waals surface area contributed by atoms with Crippen LogP contribution >= 0.6 is 0 Å². The predicted octanol–water partition coefficient (Wildman–Crippen LogP) is 5.17. The van der Waals surface area contributed by atoms with Crippen molar-refractivity contribution in [1.29, 1.82) is 0 Å². The number of hydrogen-bond acceptors (Lipinski definition) is 0. The molecule has 0 bridgehead atoms. The molecule has 0 heterocycles. The van der Waals surface area contributed by atoms with Crippen LogP contribution in [0.15, 0.2) is 0 Å². The summed E-state index contributed by atoms with van der Waals surface area (Å²) in [5.41, 5.74) is 0. The summed E-state index contributed by atoms with van der Waals surface area (Å²) in [6, 6.07) is 0. The largest absolute Gasteiger partial charge is 0.0654 e. The monoisotopic (exact) mass is 196 g/mol. The van der Waals surface area contributed by atoms with Crippen LogP contribution in [-0.4, -0.2) is 0 Å². The summed E-state index contributed by atoms with van der Waals surface area (Å²) < 4.78 is 0. The van der Waals surface area contributed by atoms with E-state index >= 15 is 0 Å². The zero-order chi connectivity index (χ0) is 10.2. The first-order valence-corrected chi connectivity index (χ1v) is 6.84. The fraction of sp³-hybridized carbons (Fsp3) is 1.00. The molecule has 84 valence electrons. The lowest BCUT2D eigenvalue weighted by Gasteiger charge is -2.25. The minimum absolute atomic E-state index is 0.994. The molecule has 0 aliphatic heterocycles. The van der Waals surface area contributed by atoms with Gasteiger partial charge in [-0.15, -0.1) is 0 Å². The fourth-order valence-electron chi connectivity index (χ4n) is 2.82. The van der Waals surface area contributed by atoms with Gasteiger partial charge in [0.15, 0.2) is 0 Å². The van der Waals surface area contributed by atoms with Crippen LogP contribution in [0.25, 0.3) is 0 Å². The molecular weight excluding hydrogens is 168 g/mol. The average molecular weight is 196 g/mol. The van der Waals surface area contributed by atoms with E-state index in [1.165, 1.54) is 64.2 Å². The van der Waals surface area contributed by atoms with Gasteiger partial charge in [-0.05, 0) is 11.8 Å². The van der Waals surface area contributed by atoms with Gasteiger partial charge in [0.25, 0.3) is 0 Å². The van der Waals surface area contributed by atoms with Gasteiger partial charge >= 0.3 is 0 Å². The van der Waals surface area contributed by atoms with Crippen LogP contribution in [0.4, 0.5) is 0 Å². The van der Waals surface area contributed by atoms with Gasteiger partial charge in [0.1, 0.15) is 0 Å². The standard InChI is InChI=1S/C14H28/c1-3-4-10-13(2)14-11-8-6-5-7-9-12-14/h13-14H,3-12H2,1-2H3. The molecule has 14 heavy (non-hydrogen) atoms. The molecule has 1 saturated carbocycles. The molecule has 0 aromatic heterocycles. The highest BCUT2D eigenvalue weighted by Gasteiger charge is 2.17. The molecule has 1 atom stereocenters. The summed E-state index contributed by atoms with van der Waals surface area (Å²) in [6.07, 6.45) is 14.8. The molecular formula is C14H28. The van der Waals surface area contributed by atoms with Crippen LogP contribution in [0, 0.1) is 11.8 Å². The zero-order valence-electron chi connectivity index (χ0n) is 10.2. The Balaban J connectivity index is 2.23. The molecule has 0 radical (unpaired) electrons. The Labute approximate surface area is 90.5 Å². The Hall–Kier alpha value is 0. The zero-order valence-corrected chi connectivity index (χ0v) is 10.2. The molecule has 1 unspecified atom stereocenters. The van der Waals surface area contributed by atoms with Crippen LogP contribution < -0.4 is 0 Å². The third-order valence-electron chi connectivity index (χ3n) is 3.97. The molecule has 1 aliphatic rings. The maximum Gasteiger partial charge on any atom is -0.0388 e. The van der Waals surface area contributed by atoms with E-state index in [9.17, 15) is 0 Å². The second-order valence-electron chi connectivity index (χ2n) is 5.22. The molecule has 0 heteroatoms. The van der Waals surface area contributed by atoms with Gasteiger partial charge in [-0.25, -0.2) is 0 Å². The lowest BCUT2D eigenvalue weighted by molar-refractivity contribution is 0.265. The fourth-order valence-corrected chi connectivity index (χ4v) is 2.82. The van der Waals surface area contributed by atoms with E-state index in [1.54, 1.807) is 0 Å². The van der Waals surface area contributed by atoms with Crippen LogP contribution in [0.1, 0.15) is 78.1 Å². The van der Waals surface area contributed by atoms with Crippen molar-refractivity contribution in [3.63, 3.8) is 0 Å². The van der Waals surface area contributed by atoms with Crippen molar-refractivity contribution >= 4 is 0 Å². The molecule has 0 N–H and O–H groups in total. The predicted molar refractivity (Wildman–Crippen MR) is 64.5 cm³/mol. The van der Waals surface area contributed by atoms with E-state index in [2.05, 4.69) is 13.8 Å². The minimum Gasteiger partial charge on any atom is -0.0654 e. The summed E-state index contributed by atoms with van der Waals surface area (Å²) in [4.78, 5) is 0. The third-order valence-corrected chi connectivity index (χ3v) is 3.97. The van der Waals surface area contributed by atoms with Gasteiger partial charge in [0.05, 0.1) is 0 Å². The smallest absolute Gasteiger partial charge is 0.0388 e. The van der Waals surface area contributed by atoms with Crippen molar-refractivity contribution in [3.8, 4) is 0 Å². The third kappa shape index (κ3) is 4.48. The summed E-state index contributed by atoms with van der Waals surface area (Å²) in [6.45, 7) is 4.80. The van der Waals surface area contributed by atoms with E-state index in [0.717, 1.165) is 11.8 Å². The van der Waals surface area contributed by atoms with Crippen LogP contribution in [0.2, 0.25) is 0 Å². The average Bonchev–Trinajstić information content (AvgIpc) is 2.13. The highest BCUT2D eigenvalue weighted by Crippen LogP contribution is 2.30. The van der Waals surface area contributed by atoms with Crippen molar-refractivity contribution in [3.05, 3.63) is 0 Å². The summed E-state index contributed by atoms with van der Waals surface area (Å²) in [5.74, 6) is 2.05. The highest BCUT2D eigenvalue weighted by molar-refractivity contribution is 4.69. The lowest BCUT2D eigenvalue weighted by atomic mass is 9.80. The van der Waals surface area contributed by atoms with Crippen LogP contribution in [0.3, 0.4) is 0 Å². The van der Waals surface area contributed by atoms with Gasteiger partial charge in [-0.2, -0.15) is 0 Å². The van der Waals surface area contributed by atoms with E-state index in [0.29, 0.717) is 0 Å².